The third-order valence-corrected chi connectivity index (χ3v) is 3.83. The van der Waals surface area contributed by atoms with Crippen LogP contribution in [0.1, 0.15) is 5.56 Å². The number of nitrogens with zero attached hydrogens (tertiary/aromatic N) is 1. The number of hydrogen-bond donors (Lipinski definition) is 2. The van der Waals surface area contributed by atoms with E-state index in [9.17, 15) is 15.2 Å². The van der Waals surface area contributed by atoms with Gasteiger partial charge < -0.3 is 14.9 Å². The third kappa shape index (κ3) is 4.01. The zero-order valence-electron chi connectivity index (χ0n) is 9.42. The molecule has 9 heteroatoms. The van der Waals surface area contributed by atoms with E-state index in [0.717, 1.165) is 0 Å². The summed E-state index contributed by atoms with van der Waals surface area (Å²) in [5.41, 5.74) is 0.501. The van der Waals surface area contributed by atoms with Crippen LogP contribution in [0.3, 0.4) is 0 Å². The molecule has 0 aliphatic rings. The first kappa shape index (κ1) is 16.6. The maximum Gasteiger partial charge on any atom is 0.346 e. The molecule has 0 bridgehead atoms. The molecule has 2 atom stereocenters. The van der Waals surface area contributed by atoms with E-state index in [-0.39, 0.29) is 6.61 Å². The summed E-state index contributed by atoms with van der Waals surface area (Å²) in [6.07, 6.45) is -1.85. The van der Waals surface area contributed by atoms with Gasteiger partial charge in [0, 0.05) is 30.9 Å². The Morgan fingerprint density at radius 1 is 1.53 bits per heavy atom. The molecule has 0 fully saturated rings. The molecule has 0 saturated heterocycles. The molecule has 0 spiro atoms. The standard InChI is InChI=1S/C10H10BrCl2NO5/c11-10(5-15,14(17)18)9(16)19-4-6-1-2-7(12)3-8(6)13/h1-3,9,15-16H,4-5H2. The Morgan fingerprint density at radius 2 is 2.16 bits per heavy atom. The molecule has 19 heavy (non-hydrogen) atoms. The number of nitro groups is 1. The lowest BCUT2D eigenvalue weighted by molar-refractivity contribution is -0.565. The maximum atomic E-state index is 10.7. The second-order valence-corrected chi connectivity index (χ2v) is 5.85. The minimum Gasteiger partial charge on any atom is -0.388 e. The number of rotatable bonds is 6. The van der Waals surface area contributed by atoms with Gasteiger partial charge in [0.25, 0.3) is 0 Å². The highest BCUT2D eigenvalue weighted by molar-refractivity contribution is 9.10. The monoisotopic (exact) mass is 373 g/mol. The molecule has 0 aromatic heterocycles. The number of benzene rings is 1. The van der Waals surface area contributed by atoms with Gasteiger partial charge in [-0.3, -0.25) is 10.1 Å². The number of aliphatic hydroxyl groups is 2. The van der Waals surface area contributed by atoms with E-state index in [0.29, 0.717) is 15.6 Å². The molecule has 106 valence electrons. The first-order valence-corrected chi connectivity index (χ1v) is 6.54. The van der Waals surface area contributed by atoms with Gasteiger partial charge in [-0.2, -0.15) is 0 Å². The van der Waals surface area contributed by atoms with E-state index in [1.807, 2.05) is 0 Å². The first-order chi connectivity index (χ1) is 8.81. The fourth-order valence-electron chi connectivity index (χ4n) is 1.16. The van der Waals surface area contributed by atoms with Gasteiger partial charge in [-0.25, -0.2) is 0 Å². The molecule has 0 radical (unpaired) electrons. The molecule has 6 nitrogen and oxygen atoms in total. The molecular formula is C10H10BrCl2NO5. The van der Waals surface area contributed by atoms with Crippen LogP contribution in [0.4, 0.5) is 0 Å². The molecule has 1 rings (SSSR count). The summed E-state index contributed by atoms with van der Waals surface area (Å²) >= 11 is 14.2. The Hall–Kier alpha value is -0.440. The smallest absolute Gasteiger partial charge is 0.346 e. The lowest BCUT2D eigenvalue weighted by atomic mass is 10.2. The summed E-state index contributed by atoms with van der Waals surface area (Å²) in [5.74, 6) is 0. The molecule has 0 aliphatic carbocycles. The van der Waals surface area contributed by atoms with E-state index >= 15 is 0 Å². The Kier molecular flexibility index (Phi) is 5.97. The molecule has 1 aromatic rings. The van der Waals surface area contributed by atoms with E-state index < -0.39 is 22.3 Å². The average Bonchev–Trinajstić information content (AvgIpc) is 2.36. The summed E-state index contributed by atoms with van der Waals surface area (Å²) in [7, 11) is 0. The minimum absolute atomic E-state index is 0.168. The lowest BCUT2D eigenvalue weighted by Gasteiger charge is -2.22. The van der Waals surface area contributed by atoms with Gasteiger partial charge in [-0.15, -0.1) is 0 Å². The Labute approximate surface area is 127 Å². The predicted molar refractivity (Wildman–Crippen MR) is 73.0 cm³/mol. The van der Waals surface area contributed by atoms with Gasteiger partial charge >= 0.3 is 4.45 Å². The largest absolute Gasteiger partial charge is 0.388 e. The maximum absolute atomic E-state index is 10.7. The van der Waals surface area contributed by atoms with Gasteiger partial charge in [0.1, 0.15) is 6.61 Å². The van der Waals surface area contributed by atoms with Gasteiger partial charge in [-0.05, 0) is 17.7 Å². The van der Waals surface area contributed by atoms with Crippen LogP contribution in [-0.4, -0.2) is 32.5 Å². The van der Waals surface area contributed by atoms with E-state index in [1.165, 1.54) is 6.07 Å². The summed E-state index contributed by atoms with van der Waals surface area (Å²) in [5, 5.41) is 30.0. The Balaban J connectivity index is 2.73. The van der Waals surface area contributed by atoms with Crippen LogP contribution in [0.25, 0.3) is 0 Å². The average molecular weight is 375 g/mol. The van der Waals surface area contributed by atoms with Crippen molar-refractivity contribution in [1.29, 1.82) is 0 Å². The second-order valence-electron chi connectivity index (χ2n) is 3.63. The van der Waals surface area contributed by atoms with E-state index in [2.05, 4.69) is 15.9 Å². The van der Waals surface area contributed by atoms with Crippen LogP contribution >= 0.6 is 39.1 Å². The molecular weight excluding hydrogens is 365 g/mol. The third-order valence-electron chi connectivity index (χ3n) is 2.32. The fourth-order valence-corrected chi connectivity index (χ4v) is 1.76. The number of halogens is 3. The minimum atomic E-state index is -2.17. The fraction of sp³-hybridized carbons (Fsp3) is 0.400. The van der Waals surface area contributed by atoms with Crippen molar-refractivity contribution < 1.29 is 19.9 Å². The van der Waals surface area contributed by atoms with Crippen molar-refractivity contribution in [2.24, 2.45) is 0 Å². The summed E-state index contributed by atoms with van der Waals surface area (Å²) < 4.78 is 2.77. The quantitative estimate of drug-likeness (QED) is 0.262. The molecule has 2 unspecified atom stereocenters. The second kappa shape index (κ2) is 6.83. The van der Waals surface area contributed by atoms with Crippen LogP contribution in [0.15, 0.2) is 18.2 Å². The first-order valence-electron chi connectivity index (χ1n) is 4.99. The highest BCUT2D eigenvalue weighted by atomic mass is 79.9. The predicted octanol–water partition coefficient (Wildman–Crippen LogP) is 2.19. The van der Waals surface area contributed by atoms with Crippen molar-refractivity contribution >= 4 is 39.1 Å². The van der Waals surface area contributed by atoms with Crippen molar-refractivity contribution in [1.82, 2.24) is 0 Å². The van der Waals surface area contributed by atoms with Crippen LogP contribution in [-0.2, 0) is 11.3 Å². The SMILES string of the molecule is O=[N+]([O-])C(Br)(CO)C(O)OCc1ccc(Cl)cc1Cl. The molecule has 1 aromatic carbocycles. The highest BCUT2D eigenvalue weighted by Gasteiger charge is 2.48. The van der Waals surface area contributed by atoms with E-state index in [1.54, 1.807) is 12.1 Å². The van der Waals surface area contributed by atoms with Gasteiger partial charge in [0.2, 0.25) is 6.29 Å². The summed E-state index contributed by atoms with van der Waals surface area (Å²) in [6.45, 7) is -1.10. The van der Waals surface area contributed by atoms with Crippen molar-refractivity contribution in [3.63, 3.8) is 0 Å². The lowest BCUT2D eigenvalue weighted by Crippen LogP contribution is -2.48. The molecule has 2 N–H and O–H groups in total. The Morgan fingerprint density at radius 3 is 2.63 bits per heavy atom. The Bertz CT molecular complexity index is 475. The van der Waals surface area contributed by atoms with Crippen LogP contribution in [0.5, 0.6) is 0 Å². The topological polar surface area (TPSA) is 92.8 Å². The van der Waals surface area contributed by atoms with Crippen molar-refractivity contribution in [2.75, 3.05) is 6.61 Å². The molecule has 0 aliphatic heterocycles. The summed E-state index contributed by atoms with van der Waals surface area (Å²) in [4.78, 5) is 9.86. The van der Waals surface area contributed by atoms with Crippen LogP contribution < -0.4 is 0 Å². The number of ether oxygens (including phenoxy) is 1. The highest BCUT2D eigenvalue weighted by Crippen LogP contribution is 2.26. The normalized spacial score (nSPS) is 15.8. The zero-order chi connectivity index (χ0) is 14.6. The van der Waals surface area contributed by atoms with Crippen molar-refractivity contribution in [3.05, 3.63) is 43.9 Å². The van der Waals surface area contributed by atoms with Gasteiger partial charge in [-0.1, -0.05) is 29.3 Å². The van der Waals surface area contributed by atoms with Crippen molar-refractivity contribution in [3.8, 4) is 0 Å². The molecule has 0 amide bonds. The van der Waals surface area contributed by atoms with Crippen LogP contribution in [0.2, 0.25) is 10.0 Å². The van der Waals surface area contributed by atoms with Gasteiger partial charge in [0.05, 0.1) is 6.61 Å². The van der Waals surface area contributed by atoms with Crippen molar-refractivity contribution in [2.45, 2.75) is 17.3 Å². The van der Waals surface area contributed by atoms with E-state index in [4.69, 9.17) is 33.0 Å². The van der Waals surface area contributed by atoms with Crippen LogP contribution in [0, 0.1) is 10.1 Å². The number of aliphatic hydroxyl groups excluding tert-OH is 2. The number of alkyl halides is 1. The number of hydrogen-bond acceptors (Lipinski definition) is 5. The zero-order valence-corrected chi connectivity index (χ0v) is 12.5. The summed E-state index contributed by atoms with van der Waals surface area (Å²) in [6, 6.07) is 4.62. The van der Waals surface area contributed by atoms with Gasteiger partial charge in [0.15, 0.2) is 0 Å². The molecule has 0 heterocycles. The molecule has 0 saturated carbocycles.